The van der Waals surface area contributed by atoms with Gasteiger partial charge in [-0.1, -0.05) is 6.92 Å². The van der Waals surface area contributed by atoms with E-state index in [-0.39, 0.29) is 10.9 Å². The number of ether oxygens (including phenoxy) is 1. The molecule has 0 aromatic carbocycles. The minimum absolute atomic E-state index is 0.153. The number of furan rings is 1. The van der Waals surface area contributed by atoms with E-state index in [0.717, 1.165) is 19.4 Å². The molecule has 1 aliphatic rings. The molecule has 1 atom stereocenters. The zero-order valence-corrected chi connectivity index (χ0v) is 12.8. The topological polar surface area (TPSA) is 80.6 Å². The SMILES string of the molecule is CCNCc1cc(S(=O)(=O)NC2CCCOC2)c(C)o1. The highest BCUT2D eigenvalue weighted by Crippen LogP contribution is 2.21. The Balaban J connectivity index is 2.09. The fraction of sp³-hybridized carbons (Fsp3) is 0.692. The smallest absolute Gasteiger partial charge is 0.244 e. The summed E-state index contributed by atoms with van der Waals surface area (Å²) in [5, 5.41) is 3.11. The Bertz CT molecular complexity index is 533. The quantitative estimate of drug-likeness (QED) is 0.824. The summed E-state index contributed by atoms with van der Waals surface area (Å²) in [7, 11) is -3.55. The maximum atomic E-state index is 12.4. The van der Waals surface area contributed by atoms with E-state index in [9.17, 15) is 8.42 Å². The maximum absolute atomic E-state index is 12.4. The maximum Gasteiger partial charge on any atom is 0.244 e. The van der Waals surface area contributed by atoms with Crippen LogP contribution in [0.15, 0.2) is 15.4 Å². The number of hydrogen-bond acceptors (Lipinski definition) is 5. The van der Waals surface area contributed by atoms with E-state index in [1.807, 2.05) is 6.92 Å². The molecule has 1 fully saturated rings. The van der Waals surface area contributed by atoms with Crippen molar-refractivity contribution < 1.29 is 17.6 Å². The fourth-order valence-electron chi connectivity index (χ4n) is 2.24. The van der Waals surface area contributed by atoms with Gasteiger partial charge in [0.05, 0.1) is 13.2 Å². The highest BCUT2D eigenvalue weighted by atomic mass is 32.2. The lowest BCUT2D eigenvalue weighted by atomic mass is 10.1. The molecule has 1 saturated heterocycles. The average molecular weight is 302 g/mol. The number of hydrogen-bond donors (Lipinski definition) is 2. The van der Waals surface area contributed by atoms with Crippen LogP contribution in [0.4, 0.5) is 0 Å². The highest BCUT2D eigenvalue weighted by Gasteiger charge is 2.26. The Morgan fingerprint density at radius 3 is 2.90 bits per heavy atom. The van der Waals surface area contributed by atoms with E-state index in [0.29, 0.717) is 31.3 Å². The number of nitrogens with one attached hydrogen (secondary N) is 2. The summed E-state index contributed by atoms with van der Waals surface area (Å²) in [6.07, 6.45) is 1.68. The van der Waals surface area contributed by atoms with E-state index < -0.39 is 10.0 Å². The van der Waals surface area contributed by atoms with Gasteiger partial charge in [-0.2, -0.15) is 0 Å². The standard InChI is InChI=1S/C13H22N2O4S/c1-3-14-8-12-7-13(10(2)19-12)20(16,17)15-11-5-4-6-18-9-11/h7,11,14-15H,3-6,8-9H2,1-2H3. The molecule has 2 rings (SSSR count). The lowest BCUT2D eigenvalue weighted by Crippen LogP contribution is -2.40. The van der Waals surface area contributed by atoms with Gasteiger partial charge in [-0.15, -0.1) is 0 Å². The van der Waals surface area contributed by atoms with Crippen molar-refractivity contribution in [2.24, 2.45) is 0 Å². The van der Waals surface area contributed by atoms with Crippen molar-refractivity contribution in [1.29, 1.82) is 0 Å². The third kappa shape index (κ3) is 3.82. The zero-order chi connectivity index (χ0) is 14.6. The fourth-order valence-corrected chi connectivity index (χ4v) is 3.70. The van der Waals surface area contributed by atoms with Gasteiger partial charge < -0.3 is 14.5 Å². The number of sulfonamides is 1. The second kappa shape index (κ2) is 6.71. The molecule has 0 aliphatic carbocycles. The van der Waals surface area contributed by atoms with Crippen LogP contribution < -0.4 is 10.0 Å². The molecule has 1 unspecified atom stereocenters. The first-order valence-electron chi connectivity index (χ1n) is 6.93. The molecular weight excluding hydrogens is 280 g/mol. The molecule has 1 aliphatic heterocycles. The van der Waals surface area contributed by atoms with Gasteiger partial charge in [0.1, 0.15) is 16.4 Å². The summed E-state index contributed by atoms with van der Waals surface area (Å²) >= 11 is 0. The van der Waals surface area contributed by atoms with Crippen molar-refractivity contribution in [3.63, 3.8) is 0 Å². The molecule has 20 heavy (non-hydrogen) atoms. The van der Waals surface area contributed by atoms with E-state index in [4.69, 9.17) is 9.15 Å². The summed E-state index contributed by atoms with van der Waals surface area (Å²) in [6, 6.07) is 1.43. The van der Waals surface area contributed by atoms with Crippen LogP contribution in [0.1, 0.15) is 31.3 Å². The summed E-state index contributed by atoms with van der Waals surface area (Å²) in [6.45, 7) is 6.12. The van der Waals surface area contributed by atoms with Gasteiger partial charge in [0.25, 0.3) is 0 Å². The molecular formula is C13H22N2O4S. The van der Waals surface area contributed by atoms with Crippen LogP contribution in [-0.2, 0) is 21.3 Å². The molecule has 0 bridgehead atoms. The Hall–Kier alpha value is -0.890. The van der Waals surface area contributed by atoms with Crippen molar-refractivity contribution in [1.82, 2.24) is 10.0 Å². The normalized spacial score (nSPS) is 20.2. The number of aryl methyl sites for hydroxylation is 1. The summed E-state index contributed by atoms with van der Waals surface area (Å²) in [5.41, 5.74) is 0. The van der Waals surface area contributed by atoms with Crippen molar-refractivity contribution in [3.8, 4) is 0 Å². The predicted molar refractivity (Wildman–Crippen MR) is 75.0 cm³/mol. The summed E-state index contributed by atoms with van der Waals surface area (Å²) in [4.78, 5) is 0.218. The van der Waals surface area contributed by atoms with E-state index in [1.54, 1.807) is 13.0 Å². The molecule has 7 heteroatoms. The largest absolute Gasteiger partial charge is 0.464 e. The first-order valence-corrected chi connectivity index (χ1v) is 8.41. The summed E-state index contributed by atoms with van der Waals surface area (Å²) in [5.74, 6) is 1.05. The van der Waals surface area contributed by atoms with Gasteiger partial charge in [-0.25, -0.2) is 13.1 Å². The molecule has 2 heterocycles. The van der Waals surface area contributed by atoms with Crippen molar-refractivity contribution in [2.45, 2.75) is 44.2 Å². The molecule has 0 spiro atoms. The van der Waals surface area contributed by atoms with Crippen LogP contribution in [0, 0.1) is 6.92 Å². The van der Waals surface area contributed by atoms with Gasteiger partial charge in [0.15, 0.2) is 0 Å². The average Bonchev–Trinajstić information content (AvgIpc) is 2.79. The second-order valence-corrected chi connectivity index (χ2v) is 6.63. The Kier molecular flexibility index (Phi) is 5.20. The third-order valence-electron chi connectivity index (χ3n) is 3.24. The minimum Gasteiger partial charge on any atom is -0.464 e. The highest BCUT2D eigenvalue weighted by molar-refractivity contribution is 7.89. The Morgan fingerprint density at radius 2 is 2.25 bits per heavy atom. The van der Waals surface area contributed by atoms with Crippen molar-refractivity contribution in [2.75, 3.05) is 19.8 Å². The molecule has 1 aromatic heterocycles. The van der Waals surface area contributed by atoms with E-state index in [1.165, 1.54) is 0 Å². The zero-order valence-electron chi connectivity index (χ0n) is 11.9. The molecule has 0 amide bonds. The minimum atomic E-state index is -3.55. The molecule has 2 N–H and O–H groups in total. The lowest BCUT2D eigenvalue weighted by molar-refractivity contribution is 0.0774. The van der Waals surface area contributed by atoms with Gasteiger partial charge in [-0.05, 0) is 26.3 Å². The van der Waals surface area contributed by atoms with Crippen LogP contribution in [0.2, 0.25) is 0 Å². The molecule has 114 valence electrons. The Morgan fingerprint density at radius 1 is 1.45 bits per heavy atom. The summed E-state index contributed by atoms with van der Waals surface area (Å²) < 4.78 is 38.2. The van der Waals surface area contributed by atoms with Crippen molar-refractivity contribution >= 4 is 10.0 Å². The van der Waals surface area contributed by atoms with Gasteiger partial charge in [0.2, 0.25) is 10.0 Å². The second-order valence-electron chi connectivity index (χ2n) is 4.95. The van der Waals surface area contributed by atoms with Crippen LogP contribution in [-0.4, -0.2) is 34.2 Å². The van der Waals surface area contributed by atoms with Crippen LogP contribution in [0.3, 0.4) is 0 Å². The van der Waals surface area contributed by atoms with Crippen LogP contribution in [0.25, 0.3) is 0 Å². The van der Waals surface area contributed by atoms with E-state index in [2.05, 4.69) is 10.0 Å². The van der Waals surface area contributed by atoms with Gasteiger partial charge in [-0.3, -0.25) is 0 Å². The first-order chi connectivity index (χ1) is 9.53. The van der Waals surface area contributed by atoms with E-state index >= 15 is 0 Å². The number of rotatable bonds is 6. The van der Waals surface area contributed by atoms with Crippen molar-refractivity contribution in [3.05, 3.63) is 17.6 Å². The van der Waals surface area contributed by atoms with Gasteiger partial charge in [0, 0.05) is 18.7 Å². The molecule has 6 nitrogen and oxygen atoms in total. The third-order valence-corrected chi connectivity index (χ3v) is 4.87. The van der Waals surface area contributed by atoms with Crippen LogP contribution in [0.5, 0.6) is 0 Å². The van der Waals surface area contributed by atoms with Gasteiger partial charge >= 0.3 is 0 Å². The molecule has 1 aromatic rings. The Labute approximate surface area is 119 Å². The lowest BCUT2D eigenvalue weighted by Gasteiger charge is -2.22. The predicted octanol–water partition coefficient (Wildman–Crippen LogP) is 1.15. The molecule has 0 saturated carbocycles. The monoisotopic (exact) mass is 302 g/mol. The molecule has 0 radical (unpaired) electrons. The van der Waals surface area contributed by atoms with Crippen LogP contribution >= 0.6 is 0 Å². The first kappa shape index (κ1) is 15.5.